The SMILES string of the molecule is COc1cc(CNCc2cscn2)ccc1O. The Balaban J connectivity index is 1.90. The molecule has 0 amide bonds. The van der Waals surface area contributed by atoms with Crippen molar-refractivity contribution in [2.24, 2.45) is 0 Å². The van der Waals surface area contributed by atoms with Crippen LogP contribution >= 0.6 is 11.3 Å². The highest BCUT2D eigenvalue weighted by molar-refractivity contribution is 7.07. The number of hydrogen-bond donors (Lipinski definition) is 2. The van der Waals surface area contributed by atoms with Crippen molar-refractivity contribution in [3.63, 3.8) is 0 Å². The number of aromatic hydroxyl groups is 1. The van der Waals surface area contributed by atoms with Gasteiger partial charge in [0.2, 0.25) is 0 Å². The van der Waals surface area contributed by atoms with Crippen molar-refractivity contribution in [3.8, 4) is 11.5 Å². The molecule has 0 radical (unpaired) electrons. The summed E-state index contributed by atoms with van der Waals surface area (Å²) in [5.41, 5.74) is 3.93. The van der Waals surface area contributed by atoms with E-state index < -0.39 is 0 Å². The van der Waals surface area contributed by atoms with E-state index in [0.717, 1.165) is 17.8 Å². The van der Waals surface area contributed by atoms with Gasteiger partial charge in [-0.15, -0.1) is 11.3 Å². The highest BCUT2D eigenvalue weighted by Crippen LogP contribution is 2.26. The average molecular weight is 250 g/mol. The molecule has 0 saturated carbocycles. The number of phenolic OH excluding ortho intramolecular Hbond substituents is 1. The van der Waals surface area contributed by atoms with Crippen molar-refractivity contribution in [1.29, 1.82) is 0 Å². The number of aromatic nitrogens is 1. The molecule has 4 nitrogen and oxygen atoms in total. The number of rotatable bonds is 5. The van der Waals surface area contributed by atoms with Crippen molar-refractivity contribution >= 4 is 11.3 Å². The van der Waals surface area contributed by atoms with Crippen molar-refractivity contribution in [1.82, 2.24) is 10.3 Å². The summed E-state index contributed by atoms with van der Waals surface area (Å²) in [7, 11) is 1.54. The summed E-state index contributed by atoms with van der Waals surface area (Å²) in [5, 5.41) is 14.8. The van der Waals surface area contributed by atoms with Crippen LogP contribution in [0.4, 0.5) is 0 Å². The van der Waals surface area contributed by atoms with E-state index >= 15 is 0 Å². The second-order valence-corrected chi connectivity index (χ2v) is 4.31. The van der Waals surface area contributed by atoms with Crippen LogP contribution in [-0.2, 0) is 13.1 Å². The van der Waals surface area contributed by atoms with Gasteiger partial charge >= 0.3 is 0 Å². The van der Waals surface area contributed by atoms with Crippen molar-refractivity contribution < 1.29 is 9.84 Å². The topological polar surface area (TPSA) is 54.4 Å². The fourth-order valence-corrected chi connectivity index (χ4v) is 2.05. The Morgan fingerprint density at radius 3 is 3.00 bits per heavy atom. The van der Waals surface area contributed by atoms with E-state index in [1.165, 1.54) is 0 Å². The first-order valence-electron chi connectivity index (χ1n) is 5.23. The molecule has 0 spiro atoms. The van der Waals surface area contributed by atoms with Gasteiger partial charge < -0.3 is 15.2 Å². The second kappa shape index (κ2) is 5.65. The number of phenols is 1. The summed E-state index contributed by atoms with van der Waals surface area (Å²) in [6.07, 6.45) is 0. The molecule has 2 aromatic rings. The zero-order chi connectivity index (χ0) is 12.1. The minimum absolute atomic E-state index is 0.163. The lowest BCUT2D eigenvalue weighted by Crippen LogP contribution is -2.12. The Morgan fingerprint density at radius 2 is 2.29 bits per heavy atom. The number of benzene rings is 1. The van der Waals surface area contributed by atoms with Crippen molar-refractivity contribution in [3.05, 3.63) is 40.3 Å². The maximum atomic E-state index is 9.46. The van der Waals surface area contributed by atoms with Crippen LogP contribution in [-0.4, -0.2) is 17.2 Å². The first kappa shape index (κ1) is 11.9. The lowest BCUT2D eigenvalue weighted by atomic mass is 10.2. The Bertz CT molecular complexity index is 471. The van der Waals surface area contributed by atoms with E-state index in [0.29, 0.717) is 12.3 Å². The summed E-state index contributed by atoms with van der Waals surface area (Å²) in [6, 6.07) is 5.33. The predicted molar refractivity (Wildman–Crippen MR) is 67.3 cm³/mol. The molecule has 90 valence electrons. The van der Waals surface area contributed by atoms with E-state index in [9.17, 15) is 5.11 Å². The maximum Gasteiger partial charge on any atom is 0.160 e. The maximum absolute atomic E-state index is 9.46. The van der Waals surface area contributed by atoms with Crippen LogP contribution in [0, 0.1) is 0 Å². The fourth-order valence-electron chi connectivity index (χ4n) is 1.49. The lowest BCUT2D eigenvalue weighted by Gasteiger charge is -2.07. The van der Waals surface area contributed by atoms with E-state index in [4.69, 9.17) is 4.74 Å². The average Bonchev–Trinajstić information content (AvgIpc) is 2.84. The molecule has 0 saturated heterocycles. The summed E-state index contributed by atoms with van der Waals surface area (Å²) in [4.78, 5) is 4.19. The van der Waals surface area contributed by atoms with Gasteiger partial charge in [0.25, 0.3) is 0 Å². The Labute approximate surface area is 104 Å². The molecule has 0 aliphatic rings. The molecule has 0 unspecified atom stereocenters. The monoisotopic (exact) mass is 250 g/mol. The van der Waals surface area contributed by atoms with Gasteiger partial charge in [0.05, 0.1) is 18.3 Å². The predicted octanol–water partition coefficient (Wildman–Crippen LogP) is 2.15. The number of thiazole rings is 1. The number of ether oxygens (including phenoxy) is 1. The zero-order valence-electron chi connectivity index (χ0n) is 9.51. The first-order valence-corrected chi connectivity index (χ1v) is 6.17. The summed E-state index contributed by atoms with van der Waals surface area (Å²) in [6.45, 7) is 1.46. The molecule has 5 heteroatoms. The Morgan fingerprint density at radius 1 is 1.41 bits per heavy atom. The van der Waals surface area contributed by atoms with Gasteiger partial charge in [-0.1, -0.05) is 6.07 Å². The molecular weight excluding hydrogens is 236 g/mol. The normalized spacial score (nSPS) is 10.4. The smallest absolute Gasteiger partial charge is 0.160 e. The minimum Gasteiger partial charge on any atom is -0.504 e. The molecule has 1 heterocycles. The molecule has 1 aromatic carbocycles. The second-order valence-electron chi connectivity index (χ2n) is 3.59. The highest BCUT2D eigenvalue weighted by atomic mass is 32.1. The van der Waals surface area contributed by atoms with Crippen LogP contribution in [0.5, 0.6) is 11.5 Å². The summed E-state index contributed by atoms with van der Waals surface area (Å²) >= 11 is 1.59. The molecule has 0 atom stereocenters. The molecule has 0 fully saturated rings. The van der Waals surface area contributed by atoms with Gasteiger partial charge in [-0.2, -0.15) is 0 Å². The molecule has 0 aliphatic carbocycles. The van der Waals surface area contributed by atoms with E-state index in [2.05, 4.69) is 10.3 Å². The van der Waals surface area contributed by atoms with Crippen LogP contribution in [0.15, 0.2) is 29.1 Å². The highest BCUT2D eigenvalue weighted by Gasteiger charge is 2.02. The van der Waals surface area contributed by atoms with Crippen molar-refractivity contribution in [2.45, 2.75) is 13.1 Å². The van der Waals surface area contributed by atoms with Crippen LogP contribution < -0.4 is 10.1 Å². The zero-order valence-corrected chi connectivity index (χ0v) is 10.3. The van der Waals surface area contributed by atoms with Gasteiger partial charge in [-0.05, 0) is 17.7 Å². The third kappa shape index (κ3) is 3.18. The Kier molecular flexibility index (Phi) is 3.95. The number of nitrogens with zero attached hydrogens (tertiary/aromatic N) is 1. The van der Waals surface area contributed by atoms with Crippen LogP contribution in [0.3, 0.4) is 0 Å². The first-order chi connectivity index (χ1) is 8.29. The number of nitrogens with one attached hydrogen (secondary N) is 1. The molecule has 2 N–H and O–H groups in total. The van der Waals surface area contributed by atoms with Gasteiger partial charge in [0, 0.05) is 18.5 Å². The molecule has 2 rings (SSSR count). The fraction of sp³-hybridized carbons (Fsp3) is 0.250. The molecular formula is C12H14N2O2S. The van der Waals surface area contributed by atoms with Gasteiger partial charge in [0.1, 0.15) is 0 Å². The molecule has 17 heavy (non-hydrogen) atoms. The minimum atomic E-state index is 0.163. The van der Waals surface area contributed by atoms with Gasteiger partial charge in [0.15, 0.2) is 11.5 Å². The molecule has 0 bridgehead atoms. The molecule has 1 aromatic heterocycles. The van der Waals surface area contributed by atoms with E-state index in [1.54, 1.807) is 24.5 Å². The van der Waals surface area contributed by atoms with Gasteiger partial charge in [-0.25, -0.2) is 4.98 Å². The van der Waals surface area contributed by atoms with Crippen LogP contribution in [0.2, 0.25) is 0 Å². The third-order valence-electron chi connectivity index (χ3n) is 2.36. The number of hydrogen-bond acceptors (Lipinski definition) is 5. The summed E-state index contributed by atoms with van der Waals surface area (Å²) < 4.78 is 5.05. The standard InChI is InChI=1S/C12H14N2O2S/c1-16-12-4-9(2-3-11(12)15)5-13-6-10-7-17-8-14-10/h2-4,7-8,13,15H,5-6H2,1H3. The Hall–Kier alpha value is -1.59. The van der Waals surface area contributed by atoms with Crippen molar-refractivity contribution in [2.75, 3.05) is 7.11 Å². The largest absolute Gasteiger partial charge is 0.504 e. The quantitative estimate of drug-likeness (QED) is 0.853. The lowest BCUT2D eigenvalue weighted by molar-refractivity contribution is 0.373. The summed E-state index contributed by atoms with van der Waals surface area (Å²) in [5.74, 6) is 0.661. The van der Waals surface area contributed by atoms with Crippen LogP contribution in [0.1, 0.15) is 11.3 Å². The van der Waals surface area contributed by atoms with Crippen LogP contribution in [0.25, 0.3) is 0 Å². The number of methoxy groups -OCH3 is 1. The third-order valence-corrected chi connectivity index (χ3v) is 3.00. The molecule has 0 aliphatic heterocycles. The van der Waals surface area contributed by atoms with Gasteiger partial charge in [-0.3, -0.25) is 0 Å². The van der Waals surface area contributed by atoms with E-state index in [-0.39, 0.29) is 5.75 Å². The van der Waals surface area contributed by atoms with E-state index in [1.807, 2.05) is 23.0 Å².